The Morgan fingerprint density at radius 2 is 1.32 bits per heavy atom. The molecule has 1 aliphatic rings. The zero-order valence-corrected chi connectivity index (χ0v) is 16.2. The molecule has 0 unspecified atom stereocenters. The van der Waals surface area contributed by atoms with Crippen molar-refractivity contribution in [1.29, 1.82) is 0 Å². The summed E-state index contributed by atoms with van der Waals surface area (Å²) in [5.74, 6) is 0. The summed E-state index contributed by atoms with van der Waals surface area (Å²) in [6.07, 6.45) is 0. The van der Waals surface area contributed by atoms with E-state index in [1.807, 2.05) is 18.2 Å². The van der Waals surface area contributed by atoms with Crippen LogP contribution in [0.4, 0.5) is 11.4 Å². The molecular formula is C24H28N4. The van der Waals surface area contributed by atoms with E-state index >= 15 is 0 Å². The third-order valence-electron chi connectivity index (χ3n) is 5.24. The third-order valence-corrected chi connectivity index (χ3v) is 5.24. The molecule has 1 aliphatic heterocycles. The minimum absolute atomic E-state index is 0.787. The second-order valence-electron chi connectivity index (χ2n) is 7.22. The molecule has 2 N–H and O–H groups in total. The van der Waals surface area contributed by atoms with E-state index in [9.17, 15) is 0 Å². The molecule has 0 bridgehead atoms. The zero-order valence-electron chi connectivity index (χ0n) is 16.2. The van der Waals surface area contributed by atoms with E-state index in [1.54, 1.807) is 0 Å². The van der Waals surface area contributed by atoms with E-state index in [0.717, 1.165) is 45.0 Å². The molecule has 28 heavy (non-hydrogen) atoms. The van der Waals surface area contributed by atoms with Crippen LogP contribution >= 0.6 is 0 Å². The maximum Gasteiger partial charge on any atom is 0.0487 e. The van der Waals surface area contributed by atoms with Gasteiger partial charge in [0.05, 0.1) is 0 Å². The Morgan fingerprint density at radius 3 is 2.07 bits per heavy atom. The van der Waals surface area contributed by atoms with Crippen molar-refractivity contribution >= 4 is 11.4 Å². The van der Waals surface area contributed by atoms with Gasteiger partial charge in [-0.2, -0.15) is 0 Å². The third kappa shape index (κ3) is 4.91. The van der Waals surface area contributed by atoms with Gasteiger partial charge in [-0.25, -0.2) is 5.43 Å². The molecule has 4 heteroatoms. The van der Waals surface area contributed by atoms with Crippen molar-refractivity contribution in [1.82, 2.24) is 10.3 Å². The Labute approximate surface area is 167 Å². The van der Waals surface area contributed by atoms with Gasteiger partial charge >= 0.3 is 0 Å². The van der Waals surface area contributed by atoms with Crippen LogP contribution in [0.2, 0.25) is 0 Å². The van der Waals surface area contributed by atoms with Crippen LogP contribution in [0.25, 0.3) is 0 Å². The number of anilines is 2. The van der Waals surface area contributed by atoms with E-state index in [2.05, 4.69) is 87.4 Å². The lowest BCUT2D eigenvalue weighted by Gasteiger charge is -2.37. The topological polar surface area (TPSA) is 30.5 Å². The monoisotopic (exact) mass is 372 g/mol. The molecule has 0 spiro atoms. The van der Waals surface area contributed by atoms with Gasteiger partial charge in [0.2, 0.25) is 0 Å². The minimum atomic E-state index is 0.787. The summed E-state index contributed by atoms with van der Waals surface area (Å²) in [5.41, 5.74) is 11.8. The minimum Gasteiger partial charge on any atom is -0.369 e. The van der Waals surface area contributed by atoms with Crippen LogP contribution in [-0.2, 0) is 13.1 Å². The van der Waals surface area contributed by atoms with Gasteiger partial charge in [-0.15, -0.1) is 0 Å². The van der Waals surface area contributed by atoms with Crippen LogP contribution in [0, 0.1) is 0 Å². The first-order valence-corrected chi connectivity index (χ1v) is 10.0. The second kappa shape index (κ2) is 9.40. The average molecular weight is 373 g/mol. The zero-order chi connectivity index (χ0) is 19.0. The molecule has 0 amide bonds. The van der Waals surface area contributed by atoms with Crippen LogP contribution in [0.3, 0.4) is 0 Å². The fourth-order valence-corrected chi connectivity index (χ4v) is 3.72. The van der Waals surface area contributed by atoms with E-state index < -0.39 is 0 Å². The highest BCUT2D eigenvalue weighted by atomic mass is 15.4. The first-order chi connectivity index (χ1) is 13.9. The Bertz CT molecular complexity index is 843. The van der Waals surface area contributed by atoms with Gasteiger partial charge in [0.15, 0.2) is 0 Å². The van der Waals surface area contributed by atoms with Crippen molar-refractivity contribution in [2.75, 3.05) is 36.5 Å². The molecule has 0 saturated carbocycles. The Hall–Kier alpha value is -2.82. The number of rotatable bonds is 7. The SMILES string of the molecule is c1ccc(CN2CCN(c3ccccc3CNNc3ccccc3)CC2)cc1. The summed E-state index contributed by atoms with van der Waals surface area (Å²) < 4.78 is 0. The van der Waals surface area contributed by atoms with Crippen LogP contribution in [0.15, 0.2) is 84.9 Å². The lowest BCUT2D eigenvalue weighted by atomic mass is 10.1. The van der Waals surface area contributed by atoms with Crippen molar-refractivity contribution < 1.29 is 0 Å². The molecule has 0 radical (unpaired) electrons. The van der Waals surface area contributed by atoms with E-state index in [-0.39, 0.29) is 0 Å². The van der Waals surface area contributed by atoms with Crippen molar-refractivity contribution in [3.05, 3.63) is 96.1 Å². The number of hydrogen-bond donors (Lipinski definition) is 2. The molecular weight excluding hydrogens is 344 g/mol. The van der Waals surface area contributed by atoms with Crippen LogP contribution in [0.1, 0.15) is 11.1 Å². The van der Waals surface area contributed by atoms with Gasteiger partial charge in [0.25, 0.3) is 0 Å². The molecule has 1 heterocycles. The number of hydrazine groups is 1. The smallest absolute Gasteiger partial charge is 0.0487 e. The van der Waals surface area contributed by atoms with Crippen molar-refractivity contribution in [3.63, 3.8) is 0 Å². The summed E-state index contributed by atoms with van der Waals surface area (Å²) in [6, 6.07) is 29.7. The standard InChI is InChI=1S/C24H28N4/c1-3-9-21(10-4-1)20-27-15-17-28(18-16-27)24-14-8-7-11-22(24)19-25-26-23-12-5-2-6-13-23/h1-14,25-26H,15-20H2. The highest BCUT2D eigenvalue weighted by Gasteiger charge is 2.19. The van der Waals surface area contributed by atoms with E-state index in [0.29, 0.717) is 0 Å². The molecule has 0 aliphatic carbocycles. The van der Waals surface area contributed by atoms with Gasteiger partial charge in [0, 0.05) is 50.6 Å². The summed E-state index contributed by atoms with van der Waals surface area (Å²) in [4.78, 5) is 5.06. The lowest BCUT2D eigenvalue weighted by molar-refractivity contribution is 0.249. The normalized spacial score (nSPS) is 14.8. The lowest BCUT2D eigenvalue weighted by Crippen LogP contribution is -2.46. The Balaban J connectivity index is 1.32. The van der Waals surface area contributed by atoms with Crippen LogP contribution < -0.4 is 15.8 Å². The number of para-hydroxylation sites is 2. The molecule has 1 saturated heterocycles. The Kier molecular flexibility index (Phi) is 6.22. The summed E-state index contributed by atoms with van der Waals surface area (Å²) in [6.45, 7) is 6.15. The molecule has 4 nitrogen and oxygen atoms in total. The highest BCUT2D eigenvalue weighted by Crippen LogP contribution is 2.22. The Morgan fingerprint density at radius 1 is 0.679 bits per heavy atom. The van der Waals surface area contributed by atoms with Gasteiger partial charge in [-0.1, -0.05) is 66.7 Å². The maximum absolute atomic E-state index is 3.35. The largest absolute Gasteiger partial charge is 0.369 e. The van der Waals surface area contributed by atoms with Crippen molar-refractivity contribution in [3.8, 4) is 0 Å². The second-order valence-corrected chi connectivity index (χ2v) is 7.22. The number of hydrogen-bond acceptors (Lipinski definition) is 4. The highest BCUT2D eigenvalue weighted by molar-refractivity contribution is 5.54. The number of piperazine rings is 1. The number of nitrogens with zero attached hydrogens (tertiary/aromatic N) is 2. The first kappa shape index (κ1) is 18.5. The summed E-state index contributed by atoms with van der Waals surface area (Å²) in [5, 5.41) is 0. The molecule has 3 aromatic rings. The van der Waals surface area contributed by atoms with Crippen LogP contribution in [0.5, 0.6) is 0 Å². The van der Waals surface area contributed by atoms with Crippen LogP contribution in [-0.4, -0.2) is 31.1 Å². The van der Waals surface area contributed by atoms with Gasteiger partial charge in [0.1, 0.15) is 0 Å². The van der Waals surface area contributed by atoms with Gasteiger partial charge < -0.3 is 10.3 Å². The number of benzene rings is 3. The summed E-state index contributed by atoms with van der Waals surface area (Å²) in [7, 11) is 0. The van der Waals surface area contributed by atoms with Gasteiger partial charge in [-0.3, -0.25) is 4.90 Å². The van der Waals surface area contributed by atoms with E-state index in [1.165, 1.54) is 16.8 Å². The first-order valence-electron chi connectivity index (χ1n) is 10.0. The fraction of sp³-hybridized carbons (Fsp3) is 0.250. The van der Waals surface area contributed by atoms with E-state index in [4.69, 9.17) is 0 Å². The molecule has 4 rings (SSSR count). The molecule has 0 aromatic heterocycles. The predicted octanol–water partition coefficient (Wildman–Crippen LogP) is 4.13. The van der Waals surface area contributed by atoms with Crippen molar-refractivity contribution in [2.24, 2.45) is 0 Å². The average Bonchev–Trinajstić information content (AvgIpc) is 2.76. The quantitative estimate of drug-likeness (QED) is 0.611. The van der Waals surface area contributed by atoms with Gasteiger partial charge in [-0.05, 0) is 29.3 Å². The fourth-order valence-electron chi connectivity index (χ4n) is 3.72. The van der Waals surface area contributed by atoms with Crippen molar-refractivity contribution in [2.45, 2.75) is 13.1 Å². The predicted molar refractivity (Wildman–Crippen MR) is 117 cm³/mol. The molecule has 144 valence electrons. The molecule has 1 fully saturated rings. The maximum atomic E-state index is 3.35. The summed E-state index contributed by atoms with van der Waals surface area (Å²) >= 11 is 0. The molecule has 3 aromatic carbocycles. The molecule has 0 atom stereocenters. The number of nitrogens with one attached hydrogen (secondary N) is 2.